The second-order valence-corrected chi connectivity index (χ2v) is 5.56. The van der Waals surface area contributed by atoms with Crippen LogP contribution in [0, 0.1) is 0 Å². The molecule has 2 aromatic heterocycles. The molecule has 3 nitrogen and oxygen atoms in total. The quantitative estimate of drug-likeness (QED) is 0.778. The van der Waals surface area contributed by atoms with Gasteiger partial charge < -0.3 is 5.32 Å². The predicted octanol–water partition coefficient (Wildman–Crippen LogP) is 3.49. The van der Waals surface area contributed by atoms with E-state index in [1.165, 1.54) is 5.56 Å². The van der Waals surface area contributed by atoms with Crippen LogP contribution >= 0.6 is 11.3 Å². The summed E-state index contributed by atoms with van der Waals surface area (Å²) < 4.78 is 0. The van der Waals surface area contributed by atoms with Crippen molar-refractivity contribution in [1.82, 2.24) is 15.3 Å². The average molecular weight is 281 g/mol. The summed E-state index contributed by atoms with van der Waals surface area (Å²) in [5.74, 6) is 0. The highest BCUT2D eigenvalue weighted by Crippen LogP contribution is 2.24. The van der Waals surface area contributed by atoms with Crippen LogP contribution in [0.15, 0.2) is 61.1 Å². The standard InChI is InChI=1S/C16H15N3S/c1-2-5-13(6-3-1)9-18-12-16-19-11-15(20-16)14-7-4-8-17-10-14/h1-8,10-11,18H,9,12H2. The molecule has 1 N–H and O–H groups in total. The van der Waals surface area contributed by atoms with E-state index in [-0.39, 0.29) is 0 Å². The largest absolute Gasteiger partial charge is 0.306 e. The molecule has 20 heavy (non-hydrogen) atoms. The minimum absolute atomic E-state index is 0.791. The highest BCUT2D eigenvalue weighted by molar-refractivity contribution is 7.15. The van der Waals surface area contributed by atoms with E-state index in [0.717, 1.165) is 28.5 Å². The first-order valence-electron chi connectivity index (χ1n) is 6.51. The first kappa shape index (κ1) is 13.0. The molecule has 0 amide bonds. The van der Waals surface area contributed by atoms with Crippen LogP contribution in [-0.4, -0.2) is 9.97 Å². The van der Waals surface area contributed by atoms with Gasteiger partial charge in [0.25, 0.3) is 0 Å². The number of hydrogen-bond acceptors (Lipinski definition) is 4. The molecule has 0 saturated heterocycles. The molecule has 0 aliphatic rings. The van der Waals surface area contributed by atoms with E-state index >= 15 is 0 Å². The molecule has 0 unspecified atom stereocenters. The van der Waals surface area contributed by atoms with Crippen LogP contribution in [0.1, 0.15) is 10.6 Å². The number of pyridine rings is 1. The van der Waals surface area contributed by atoms with Crippen molar-refractivity contribution in [2.24, 2.45) is 0 Å². The summed E-state index contributed by atoms with van der Waals surface area (Å²) in [6.07, 6.45) is 5.57. The lowest BCUT2D eigenvalue weighted by molar-refractivity contribution is 0.690. The Hall–Kier alpha value is -2.04. The molecule has 0 aliphatic carbocycles. The lowest BCUT2D eigenvalue weighted by atomic mass is 10.2. The monoisotopic (exact) mass is 281 g/mol. The Morgan fingerprint density at radius 1 is 0.950 bits per heavy atom. The first-order chi connectivity index (χ1) is 9.92. The van der Waals surface area contributed by atoms with Gasteiger partial charge in [-0.05, 0) is 11.6 Å². The van der Waals surface area contributed by atoms with Crippen molar-refractivity contribution in [2.75, 3.05) is 0 Å². The van der Waals surface area contributed by atoms with Gasteiger partial charge in [0.15, 0.2) is 0 Å². The minimum Gasteiger partial charge on any atom is -0.306 e. The van der Waals surface area contributed by atoms with Gasteiger partial charge in [-0.15, -0.1) is 11.3 Å². The summed E-state index contributed by atoms with van der Waals surface area (Å²) in [5, 5.41) is 4.51. The van der Waals surface area contributed by atoms with Crippen LogP contribution in [-0.2, 0) is 13.1 Å². The van der Waals surface area contributed by atoms with Crippen molar-refractivity contribution in [1.29, 1.82) is 0 Å². The Morgan fingerprint density at radius 2 is 1.85 bits per heavy atom. The Bertz CT molecular complexity index is 650. The lowest BCUT2D eigenvalue weighted by Crippen LogP contribution is -2.12. The Balaban J connectivity index is 1.58. The Labute approximate surface area is 122 Å². The van der Waals surface area contributed by atoms with Gasteiger partial charge in [0.2, 0.25) is 0 Å². The summed E-state index contributed by atoms with van der Waals surface area (Å²) in [5.41, 5.74) is 2.41. The molecule has 0 radical (unpaired) electrons. The molecule has 4 heteroatoms. The molecule has 0 bridgehead atoms. The third-order valence-corrected chi connectivity index (χ3v) is 3.99. The zero-order chi connectivity index (χ0) is 13.6. The molecule has 3 rings (SSSR count). The molecule has 2 heterocycles. The van der Waals surface area contributed by atoms with Crippen LogP contribution in [0.5, 0.6) is 0 Å². The maximum absolute atomic E-state index is 4.45. The van der Waals surface area contributed by atoms with Gasteiger partial charge in [0, 0.05) is 37.2 Å². The van der Waals surface area contributed by atoms with Crippen LogP contribution in [0.3, 0.4) is 0 Å². The molecule has 0 spiro atoms. The number of hydrogen-bond donors (Lipinski definition) is 1. The zero-order valence-corrected chi connectivity index (χ0v) is 11.8. The maximum atomic E-state index is 4.45. The fourth-order valence-electron chi connectivity index (χ4n) is 1.94. The normalized spacial score (nSPS) is 10.6. The van der Waals surface area contributed by atoms with Crippen LogP contribution in [0.25, 0.3) is 10.4 Å². The van der Waals surface area contributed by atoms with E-state index in [1.54, 1.807) is 17.5 Å². The second-order valence-electron chi connectivity index (χ2n) is 4.45. The van der Waals surface area contributed by atoms with Gasteiger partial charge in [0.05, 0.1) is 4.88 Å². The molecular weight excluding hydrogens is 266 g/mol. The smallest absolute Gasteiger partial charge is 0.107 e. The molecule has 100 valence electrons. The van der Waals surface area contributed by atoms with Gasteiger partial charge in [-0.2, -0.15) is 0 Å². The molecule has 0 aliphatic heterocycles. The minimum atomic E-state index is 0.791. The summed E-state index contributed by atoms with van der Waals surface area (Å²) >= 11 is 1.71. The van der Waals surface area contributed by atoms with E-state index in [1.807, 2.05) is 24.5 Å². The molecule has 1 aromatic carbocycles. The summed E-state index contributed by atoms with van der Waals surface area (Å²) in [7, 11) is 0. The summed E-state index contributed by atoms with van der Waals surface area (Å²) in [6.45, 7) is 1.66. The van der Waals surface area contributed by atoms with Crippen LogP contribution in [0.4, 0.5) is 0 Å². The van der Waals surface area contributed by atoms with E-state index in [4.69, 9.17) is 0 Å². The zero-order valence-electron chi connectivity index (χ0n) is 11.0. The molecule has 3 aromatic rings. The maximum Gasteiger partial charge on any atom is 0.107 e. The summed E-state index contributed by atoms with van der Waals surface area (Å²) in [6, 6.07) is 14.4. The number of rotatable bonds is 5. The fraction of sp³-hybridized carbons (Fsp3) is 0.125. The van der Waals surface area contributed by atoms with Gasteiger partial charge in [-0.25, -0.2) is 4.98 Å². The average Bonchev–Trinajstić information content (AvgIpc) is 2.98. The highest BCUT2D eigenvalue weighted by Gasteiger charge is 2.04. The molecule has 0 saturated carbocycles. The molecule has 0 atom stereocenters. The van der Waals surface area contributed by atoms with E-state index in [9.17, 15) is 0 Å². The predicted molar refractivity (Wildman–Crippen MR) is 82.3 cm³/mol. The third kappa shape index (κ3) is 3.29. The Kier molecular flexibility index (Phi) is 4.16. The highest BCUT2D eigenvalue weighted by atomic mass is 32.1. The van der Waals surface area contributed by atoms with E-state index in [0.29, 0.717) is 0 Å². The first-order valence-corrected chi connectivity index (χ1v) is 7.33. The Morgan fingerprint density at radius 3 is 2.65 bits per heavy atom. The second kappa shape index (κ2) is 6.41. The lowest BCUT2D eigenvalue weighted by Gasteiger charge is -2.02. The number of thiazole rings is 1. The van der Waals surface area contributed by atoms with Crippen molar-refractivity contribution < 1.29 is 0 Å². The van der Waals surface area contributed by atoms with Crippen molar-refractivity contribution in [3.63, 3.8) is 0 Å². The number of nitrogens with zero attached hydrogens (tertiary/aromatic N) is 2. The van der Waals surface area contributed by atoms with Crippen molar-refractivity contribution in [3.8, 4) is 10.4 Å². The van der Waals surface area contributed by atoms with Crippen molar-refractivity contribution >= 4 is 11.3 Å². The molecule has 0 fully saturated rings. The number of aromatic nitrogens is 2. The molecular formula is C16H15N3S. The van der Waals surface area contributed by atoms with Gasteiger partial charge in [-0.1, -0.05) is 36.4 Å². The van der Waals surface area contributed by atoms with Crippen LogP contribution in [0.2, 0.25) is 0 Å². The fourth-order valence-corrected chi connectivity index (χ4v) is 2.82. The SMILES string of the molecule is c1ccc(CNCc2ncc(-c3cccnc3)s2)cc1. The number of nitrogens with one attached hydrogen (secondary N) is 1. The van der Waals surface area contributed by atoms with Crippen molar-refractivity contribution in [2.45, 2.75) is 13.1 Å². The topological polar surface area (TPSA) is 37.8 Å². The summed E-state index contributed by atoms with van der Waals surface area (Å²) in [4.78, 5) is 9.75. The van der Waals surface area contributed by atoms with E-state index < -0.39 is 0 Å². The third-order valence-electron chi connectivity index (χ3n) is 2.95. The van der Waals surface area contributed by atoms with Crippen molar-refractivity contribution in [3.05, 3.63) is 71.6 Å². The number of benzene rings is 1. The van der Waals surface area contributed by atoms with E-state index in [2.05, 4.69) is 45.6 Å². The van der Waals surface area contributed by atoms with Gasteiger partial charge >= 0.3 is 0 Å². The van der Waals surface area contributed by atoms with Crippen LogP contribution < -0.4 is 5.32 Å². The van der Waals surface area contributed by atoms with Gasteiger partial charge in [-0.3, -0.25) is 4.98 Å². The van der Waals surface area contributed by atoms with Gasteiger partial charge in [0.1, 0.15) is 5.01 Å².